The summed E-state index contributed by atoms with van der Waals surface area (Å²) in [5, 5.41) is 5.55. The first-order valence-corrected chi connectivity index (χ1v) is 10.4. The molecule has 6 nitrogen and oxygen atoms in total. The van der Waals surface area contributed by atoms with E-state index in [1.807, 2.05) is 12.1 Å². The Bertz CT molecular complexity index is 1020. The van der Waals surface area contributed by atoms with Gasteiger partial charge in [0.1, 0.15) is 4.21 Å². The predicted molar refractivity (Wildman–Crippen MR) is 96.2 cm³/mol. The fraction of sp³-hybridized carbons (Fsp3) is 0.294. The molecule has 0 bridgehead atoms. The molecule has 1 aromatic carbocycles. The van der Waals surface area contributed by atoms with E-state index >= 15 is 0 Å². The molecule has 4 rings (SSSR count). The third-order valence-electron chi connectivity index (χ3n) is 4.27. The molecule has 2 aromatic heterocycles. The van der Waals surface area contributed by atoms with Crippen molar-refractivity contribution in [2.24, 2.45) is 0 Å². The van der Waals surface area contributed by atoms with E-state index in [1.54, 1.807) is 18.4 Å². The van der Waals surface area contributed by atoms with Crippen LogP contribution in [0.15, 0.2) is 38.4 Å². The standard InChI is InChI=1S/C17H17N3O3S2/c1-11-18-17(19-23-11)13-9-16(24-10-13)25(21,22)20-15-8-4-6-12-5-2-3-7-14(12)15/h4,6,8-10,20H,2-3,5,7H2,1H3. The fourth-order valence-corrected chi connectivity index (χ4v) is 5.31. The van der Waals surface area contributed by atoms with Gasteiger partial charge in [-0.05, 0) is 48.9 Å². The van der Waals surface area contributed by atoms with Crippen LogP contribution in [0.3, 0.4) is 0 Å². The minimum atomic E-state index is -3.64. The lowest BCUT2D eigenvalue weighted by Crippen LogP contribution is -2.15. The Labute approximate surface area is 150 Å². The number of nitrogens with one attached hydrogen (secondary N) is 1. The molecule has 3 aromatic rings. The molecule has 0 amide bonds. The number of aryl methyl sites for hydroxylation is 2. The molecule has 0 spiro atoms. The average Bonchev–Trinajstić information content (AvgIpc) is 3.24. The number of hydrogen-bond donors (Lipinski definition) is 1. The Hall–Kier alpha value is -2.19. The van der Waals surface area contributed by atoms with Crippen molar-refractivity contribution in [3.8, 4) is 11.4 Å². The molecule has 0 radical (unpaired) electrons. The number of thiophene rings is 1. The summed E-state index contributed by atoms with van der Waals surface area (Å²) in [7, 11) is -3.64. The number of nitrogens with zero attached hydrogens (tertiary/aromatic N) is 2. The van der Waals surface area contributed by atoms with Gasteiger partial charge in [-0.15, -0.1) is 11.3 Å². The molecule has 25 heavy (non-hydrogen) atoms. The van der Waals surface area contributed by atoms with E-state index in [9.17, 15) is 8.42 Å². The van der Waals surface area contributed by atoms with Crippen LogP contribution in [-0.4, -0.2) is 18.6 Å². The van der Waals surface area contributed by atoms with Gasteiger partial charge in [-0.2, -0.15) is 4.98 Å². The summed E-state index contributed by atoms with van der Waals surface area (Å²) in [5.41, 5.74) is 3.67. The van der Waals surface area contributed by atoms with Crippen LogP contribution < -0.4 is 4.72 Å². The number of benzene rings is 1. The van der Waals surface area contributed by atoms with E-state index in [4.69, 9.17) is 4.52 Å². The summed E-state index contributed by atoms with van der Waals surface area (Å²) in [5.74, 6) is 0.840. The molecule has 8 heteroatoms. The highest BCUT2D eigenvalue weighted by Gasteiger charge is 2.22. The summed E-state index contributed by atoms with van der Waals surface area (Å²) < 4.78 is 33.5. The second kappa shape index (κ2) is 6.27. The van der Waals surface area contributed by atoms with Gasteiger partial charge in [0, 0.05) is 17.9 Å². The molecule has 0 saturated carbocycles. The van der Waals surface area contributed by atoms with Crippen LogP contribution in [-0.2, 0) is 22.9 Å². The maximum Gasteiger partial charge on any atom is 0.271 e. The Morgan fingerprint density at radius 3 is 2.88 bits per heavy atom. The SMILES string of the molecule is Cc1nc(-c2csc(S(=O)(=O)Nc3cccc4c3CCCC4)c2)no1. The van der Waals surface area contributed by atoms with E-state index in [1.165, 1.54) is 5.56 Å². The summed E-state index contributed by atoms with van der Waals surface area (Å²) in [6.45, 7) is 1.70. The zero-order chi connectivity index (χ0) is 17.4. The van der Waals surface area contributed by atoms with Gasteiger partial charge >= 0.3 is 0 Å². The first-order chi connectivity index (χ1) is 12.0. The van der Waals surface area contributed by atoms with E-state index in [0.29, 0.717) is 23.0 Å². The minimum absolute atomic E-state index is 0.235. The molecule has 0 atom stereocenters. The van der Waals surface area contributed by atoms with Crippen molar-refractivity contribution in [1.29, 1.82) is 0 Å². The van der Waals surface area contributed by atoms with Gasteiger partial charge in [0.25, 0.3) is 10.0 Å². The number of anilines is 1. The summed E-state index contributed by atoms with van der Waals surface area (Å²) in [4.78, 5) is 4.13. The number of sulfonamides is 1. The minimum Gasteiger partial charge on any atom is -0.339 e. The van der Waals surface area contributed by atoms with Gasteiger partial charge in [-0.1, -0.05) is 17.3 Å². The maximum absolute atomic E-state index is 12.8. The maximum atomic E-state index is 12.8. The van der Waals surface area contributed by atoms with Crippen LogP contribution in [0.2, 0.25) is 0 Å². The van der Waals surface area contributed by atoms with E-state index < -0.39 is 10.0 Å². The second-order valence-electron chi connectivity index (χ2n) is 6.05. The van der Waals surface area contributed by atoms with Crippen molar-refractivity contribution >= 4 is 27.0 Å². The first-order valence-electron chi connectivity index (χ1n) is 8.06. The Kier molecular flexibility index (Phi) is 4.09. The third-order valence-corrected chi connectivity index (χ3v) is 7.07. The quantitative estimate of drug-likeness (QED) is 0.750. The van der Waals surface area contributed by atoms with Gasteiger partial charge in [-0.25, -0.2) is 8.42 Å². The lowest BCUT2D eigenvalue weighted by atomic mass is 9.91. The number of rotatable bonds is 4. The number of fused-ring (bicyclic) bond motifs is 1. The van der Waals surface area contributed by atoms with Crippen molar-refractivity contribution in [2.75, 3.05) is 4.72 Å². The Morgan fingerprint density at radius 2 is 2.08 bits per heavy atom. The summed E-state index contributed by atoms with van der Waals surface area (Å²) in [6, 6.07) is 7.39. The number of hydrogen-bond acceptors (Lipinski definition) is 6. The highest BCUT2D eigenvalue weighted by molar-refractivity contribution is 7.94. The highest BCUT2D eigenvalue weighted by atomic mass is 32.2. The van der Waals surface area contributed by atoms with Crippen molar-refractivity contribution in [1.82, 2.24) is 10.1 Å². The lowest BCUT2D eigenvalue weighted by Gasteiger charge is -2.19. The number of aromatic nitrogens is 2. The van der Waals surface area contributed by atoms with Gasteiger partial charge in [-0.3, -0.25) is 4.72 Å². The van der Waals surface area contributed by atoms with E-state index in [2.05, 4.69) is 20.9 Å². The highest BCUT2D eigenvalue weighted by Crippen LogP contribution is 2.32. The predicted octanol–water partition coefficient (Wildman–Crippen LogP) is 3.79. The zero-order valence-electron chi connectivity index (χ0n) is 13.7. The molecule has 0 unspecified atom stereocenters. The molecule has 1 N–H and O–H groups in total. The van der Waals surface area contributed by atoms with Gasteiger partial charge in [0.15, 0.2) is 0 Å². The normalized spacial score (nSPS) is 14.3. The molecule has 0 fully saturated rings. The van der Waals surface area contributed by atoms with Gasteiger partial charge in [0.2, 0.25) is 11.7 Å². The van der Waals surface area contributed by atoms with Crippen LogP contribution in [0.1, 0.15) is 29.9 Å². The first kappa shape index (κ1) is 16.3. The Morgan fingerprint density at radius 1 is 1.24 bits per heavy atom. The van der Waals surface area contributed by atoms with Crippen LogP contribution in [0, 0.1) is 6.92 Å². The molecular formula is C17H17N3O3S2. The van der Waals surface area contributed by atoms with E-state index in [-0.39, 0.29) is 4.21 Å². The van der Waals surface area contributed by atoms with E-state index in [0.717, 1.165) is 42.6 Å². The topological polar surface area (TPSA) is 85.1 Å². The van der Waals surface area contributed by atoms with Crippen molar-refractivity contribution in [3.05, 3.63) is 46.7 Å². The fourth-order valence-electron chi connectivity index (χ4n) is 3.06. The lowest BCUT2D eigenvalue weighted by molar-refractivity contribution is 0.394. The molecular weight excluding hydrogens is 358 g/mol. The molecule has 0 aliphatic heterocycles. The average molecular weight is 375 g/mol. The summed E-state index contributed by atoms with van der Waals surface area (Å²) >= 11 is 1.15. The van der Waals surface area contributed by atoms with Crippen LogP contribution in [0.25, 0.3) is 11.4 Å². The van der Waals surface area contributed by atoms with Crippen molar-refractivity contribution in [3.63, 3.8) is 0 Å². The third kappa shape index (κ3) is 3.19. The second-order valence-corrected chi connectivity index (χ2v) is 8.87. The molecule has 130 valence electrons. The summed E-state index contributed by atoms with van der Waals surface area (Å²) in [6.07, 6.45) is 4.16. The van der Waals surface area contributed by atoms with Crippen molar-refractivity contribution < 1.29 is 12.9 Å². The molecule has 0 saturated heterocycles. The molecule has 1 aliphatic carbocycles. The van der Waals surface area contributed by atoms with Crippen molar-refractivity contribution in [2.45, 2.75) is 36.8 Å². The van der Waals surface area contributed by atoms with Crippen LogP contribution >= 0.6 is 11.3 Å². The zero-order valence-corrected chi connectivity index (χ0v) is 15.3. The smallest absolute Gasteiger partial charge is 0.271 e. The Balaban J connectivity index is 1.64. The van der Waals surface area contributed by atoms with Crippen LogP contribution in [0.4, 0.5) is 5.69 Å². The largest absolute Gasteiger partial charge is 0.339 e. The van der Waals surface area contributed by atoms with Crippen LogP contribution in [0.5, 0.6) is 0 Å². The monoisotopic (exact) mass is 375 g/mol. The van der Waals surface area contributed by atoms with Gasteiger partial charge < -0.3 is 4.52 Å². The van der Waals surface area contributed by atoms with Gasteiger partial charge in [0.05, 0.1) is 5.69 Å². The molecule has 1 aliphatic rings. The molecule has 2 heterocycles.